The third kappa shape index (κ3) is 3.82. The third-order valence-electron chi connectivity index (χ3n) is 4.27. The Kier molecular flexibility index (Phi) is 6.02. The highest BCUT2D eigenvalue weighted by atomic mass is 79.9. The number of nitrogens with two attached hydrogens (primary N) is 1. The van der Waals surface area contributed by atoms with Crippen LogP contribution in [0.4, 0.5) is 0 Å². The monoisotopic (exact) mass is 340 g/mol. The molecular weight excluding hydrogens is 316 g/mol. The molecule has 112 valence electrons. The average Bonchev–Trinajstić information content (AvgIpc) is 2.48. The maximum atomic E-state index is 6.41. The van der Waals surface area contributed by atoms with Crippen LogP contribution in [-0.2, 0) is 4.74 Å². The molecule has 0 spiro atoms. The zero-order valence-electron chi connectivity index (χ0n) is 12.4. The van der Waals surface area contributed by atoms with Crippen molar-refractivity contribution in [2.75, 3.05) is 20.2 Å². The van der Waals surface area contributed by atoms with Crippen molar-refractivity contribution in [3.63, 3.8) is 0 Å². The molecule has 1 saturated heterocycles. The highest BCUT2D eigenvalue weighted by Gasteiger charge is 2.29. The summed E-state index contributed by atoms with van der Waals surface area (Å²) in [4.78, 5) is 2.52. The first-order chi connectivity index (χ1) is 9.65. The molecule has 1 aromatic rings. The largest absolute Gasteiger partial charge is 0.381 e. The highest BCUT2D eigenvalue weighted by molar-refractivity contribution is 9.10. The van der Waals surface area contributed by atoms with Crippen molar-refractivity contribution in [3.05, 3.63) is 34.3 Å². The van der Waals surface area contributed by atoms with Gasteiger partial charge in [-0.2, -0.15) is 0 Å². The summed E-state index contributed by atoms with van der Waals surface area (Å²) in [5.74, 6) is 0. The summed E-state index contributed by atoms with van der Waals surface area (Å²) in [6, 6.07) is 9.01. The first-order valence-electron chi connectivity index (χ1n) is 7.43. The van der Waals surface area contributed by atoms with Crippen LogP contribution in [0.5, 0.6) is 0 Å². The maximum Gasteiger partial charge on any atom is 0.0595 e. The first-order valence-corrected chi connectivity index (χ1v) is 8.23. The second-order valence-corrected chi connectivity index (χ2v) is 6.46. The molecule has 1 aliphatic heterocycles. The number of rotatable bonds is 5. The Morgan fingerprint density at radius 2 is 2.10 bits per heavy atom. The number of hydrogen-bond donors (Lipinski definition) is 1. The number of halogens is 1. The Bertz CT molecular complexity index is 419. The van der Waals surface area contributed by atoms with E-state index in [0.29, 0.717) is 12.1 Å². The predicted molar refractivity (Wildman–Crippen MR) is 86.8 cm³/mol. The minimum absolute atomic E-state index is 0.170. The van der Waals surface area contributed by atoms with Crippen LogP contribution in [0.1, 0.15) is 37.8 Å². The van der Waals surface area contributed by atoms with E-state index < -0.39 is 0 Å². The molecule has 0 aromatic heterocycles. The van der Waals surface area contributed by atoms with E-state index in [0.717, 1.165) is 36.8 Å². The van der Waals surface area contributed by atoms with E-state index in [1.54, 1.807) is 0 Å². The maximum absolute atomic E-state index is 6.41. The Morgan fingerprint density at radius 1 is 1.40 bits per heavy atom. The Morgan fingerprint density at radius 3 is 2.65 bits per heavy atom. The summed E-state index contributed by atoms with van der Waals surface area (Å²) in [6.07, 6.45) is 3.59. The SMILES string of the molecule is CCC(N)C(c1cccc(Br)c1)N1CCC(OC)CC1. The summed E-state index contributed by atoms with van der Waals surface area (Å²) in [7, 11) is 1.81. The fraction of sp³-hybridized carbons (Fsp3) is 0.625. The lowest BCUT2D eigenvalue weighted by Crippen LogP contribution is -2.45. The molecule has 1 aliphatic rings. The van der Waals surface area contributed by atoms with Crippen molar-refractivity contribution < 1.29 is 4.74 Å². The minimum Gasteiger partial charge on any atom is -0.381 e. The summed E-state index contributed by atoms with van der Waals surface area (Å²) in [5, 5.41) is 0. The molecule has 1 aromatic carbocycles. The average molecular weight is 341 g/mol. The van der Waals surface area contributed by atoms with Crippen molar-refractivity contribution in [1.29, 1.82) is 0 Å². The van der Waals surface area contributed by atoms with Crippen molar-refractivity contribution >= 4 is 15.9 Å². The van der Waals surface area contributed by atoms with Crippen molar-refractivity contribution in [1.82, 2.24) is 4.90 Å². The number of benzene rings is 1. The van der Waals surface area contributed by atoms with Gasteiger partial charge in [0.15, 0.2) is 0 Å². The van der Waals surface area contributed by atoms with Gasteiger partial charge in [0, 0.05) is 36.8 Å². The molecule has 1 fully saturated rings. The van der Waals surface area contributed by atoms with E-state index in [9.17, 15) is 0 Å². The lowest BCUT2D eigenvalue weighted by atomic mass is 9.94. The van der Waals surface area contributed by atoms with Crippen molar-refractivity contribution in [2.45, 2.75) is 44.4 Å². The van der Waals surface area contributed by atoms with E-state index >= 15 is 0 Å². The molecule has 0 amide bonds. The van der Waals surface area contributed by atoms with Gasteiger partial charge in [0.2, 0.25) is 0 Å². The van der Waals surface area contributed by atoms with Crippen LogP contribution in [0.2, 0.25) is 0 Å². The van der Waals surface area contributed by atoms with Crippen molar-refractivity contribution in [2.24, 2.45) is 5.73 Å². The van der Waals surface area contributed by atoms with E-state index in [2.05, 4.69) is 52.0 Å². The summed E-state index contributed by atoms with van der Waals surface area (Å²) in [6.45, 7) is 4.28. The molecule has 0 aliphatic carbocycles. The molecule has 2 N–H and O–H groups in total. The fourth-order valence-corrected chi connectivity index (χ4v) is 3.45. The van der Waals surface area contributed by atoms with E-state index in [1.807, 2.05) is 7.11 Å². The van der Waals surface area contributed by atoms with E-state index in [-0.39, 0.29) is 6.04 Å². The molecule has 2 rings (SSSR count). The van der Waals surface area contributed by atoms with Crippen LogP contribution in [0.25, 0.3) is 0 Å². The molecule has 20 heavy (non-hydrogen) atoms. The number of likely N-dealkylation sites (tertiary alicyclic amines) is 1. The Labute approximate surface area is 130 Å². The Hall–Kier alpha value is -0.420. The quantitative estimate of drug-likeness (QED) is 0.893. The minimum atomic E-state index is 0.170. The van der Waals surface area contributed by atoms with E-state index in [4.69, 9.17) is 10.5 Å². The third-order valence-corrected chi connectivity index (χ3v) is 4.76. The normalized spacial score (nSPS) is 20.8. The molecule has 3 nitrogen and oxygen atoms in total. The number of piperidine rings is 1. The standard InChI is InChI=1S/C16H25BrN2O/c1-3-15(18)16(12-5-4-6-13(17)11-12)19-9-7-14(20-2)8-10-19/h4-6,11,14-16H,3,7-10,18H2,1-2H3. The number of methoxy groups -OCH3 is 1. The molecule has 1 heterocycles. The molecule has 2 atom stereocenters. The number of ether oxygens (including phenoxy) is 1. The van der Waals surface area contributed by atoms with Gasteiger partial charge in [-0.15, -0.1) is 0 Å². The second kappa shape index (κ2) is 7.55. The van der Waals surface area contributed by atoms with Crippen molar-refractivity contribution in [3.8, 4) is 0 Å². The van der Waals surface area contributed by atoms with Crippen LogP contribution in [0.3, 0.4) is 0 Å². The van der Waals surface area contributed by atoms with Gasteiger partial charge in [-0.05, 0) is 37.0 Å². The van der Waals surface area contributed by atoms with Gasteiger partial charge in [0.05, 0.1) is 6.10 Å². The second-order valence-electron chi connectivity index (χ2n) is 5.54. The van der Waals surface area contributed by atoms with Gasteiger partial charge < -0.3 is 10.5 Å². The lowest BCUT2D eigenvalue weighted by molar-refractivity contribution is 0.0222. The molecule has 2 unspecified atom stereocenters. The van der Waals surface area contributed by atoms with Crippen LogP contribution >= 0.6 is 15.9 Å². The molecule has 0 radical (unpaired) electrons. The van der Waals surface area contributed by atoms with Crippen LogP contribution in [-0.4, -0.2) is 37.2 Å². The van der Waals surface area contributed by atoms with Gasteiger partial charge in [-0.1, -0.05) is 35.0 Å². The van der Waals surface area contributed by atoms with Gasteiger partial charge >= 0.3 is 0 Å². The zero-order valence-corrected chi connectivity index (χ0v) is 14.0. The highest BCUT2D eigenvalue weighted by Crippen LogP contribution is 2.30. The van der Waals surface area contributed by atoms with Gasteiger partial charge in [-0.25, -0.2) is 0 Å². The Balaban J connectivity index is 2.16. The van der Waals surface area contributed by atoms with Crippen LogP contribution in [0, 0.1) is 0 Å². The van der Waals surface area contributed by atoms with Gasteiger partial charge in [-0.3, -0.25) is 4.90 Å². The number of nitrogens with zero attached hydrogens (tertiary/aromatic N) is 1. The molecule has 0 bridgehead atoms. The number of hydrogen-bond acceptors (Lipinski definition) is 3. The van der Waals surface area contributed by atoms with Gasteiger partial charge in [0.25, 0.3) is 0 Å². The van der Waals surface area contributed by atoms with E-state index in [1.165, 1.54) is 5.56 Å². The first kappa shape index (κ1) is 16.0. The molecule has 0 saturated carbocycles. The van der Waals surface area contributed by atoms with Crippen LogP contribution < -0.4 is 5.73 Å². The smallest absolute Gasteiger partial charge is 0.0595 e. The molecule has 4 heteroatoms. The van der Waals surface area contributed by atoms with Gasteiger partial charge in [0.1, 0.15) is 0 Å². The van der Waals surface area contributed by atoms with Crippen LogP contribution in [0.15, 0.2) is 28.7 Å². The topological polar surface area (TPSA) is 38.5 Å². The molecular formula is C16H25BrN2O. The zero-order chi connectivity index (χ0) is 14.5. The fourth-order valence-electron chi connectivity index (χ4n) is 3.03. The summed E-state index contributed by atoms with van der Waals surface area (Å²) < 4.78 is 6.59. The lowest BCUT2D eigenvalue weighted by Gasteiger charge is -2.40. The summed E-state index contributed by atoms with van der Waals surface area (Å²) in [5.41, 5.74) is 7.72. The predicted octanol–water partition coefficient (Wildman–Crippen LogP) is 3.34. The summed E-state index contributed by atoms with van der Waals surface area (Å²) >= 11 is 3.57.